The summed E-state index contributed by atoms with van der Waals surface area (Å²) in [5.74, 6) is -1.16. The van der Waals surface area contributed by atoms with E-state index < -0.39 is 23.9 Å². The Bertz CT molecular complexity index is 1990. The van der Waals surface area contributed by atoms with Crippen molar-refractivity contribution in [3.8, 4) is 17.1 Å². The number of aryl methyl sites for hydroxylation is 1. The summed E-state index contributed by atoms with van der Waals surface area (Å²) in [6.45, 7) is 1.32. The molecule has 0 spiro atoms. The van der Waals surface area contributed by atoms with Gasteiger partial charge in [0.1, 0.15) is 18.6 Å². The molecule has 17 heteroatoms. The number of carbonyl (C=O) groups excluding carboxylic acids is 2. The van der Waals surface area contributed by atoms with E-state index in [0.29, 0.717) is 39.0 Å². The molecule has 1 fully saturated rings. The van der Waals surface area contributed by atoms with E-state index in [9.17, 15) is 28.3 Å². The minimum atomic E-state index is -2.80. The number of aromatic nitrogens is 8. The van der Waals surface area contributed by atoms with E-state index in [2.05, 4.69) is 25.1 Å². The Morgan fingerprint density at radius 1 is 1.11 bits per heavy atom. The number of nitrogens with two attached hydrogens (primary N) is 1. The second kappa shape index (κ2) is 11.0. The van der Waals surface area contributed by atoms with Crippen LogP contribution in [0.15, 0.2) is 35.5 Å². The van der Waals surface area contributed by atoms with Crippen molar-refractivity contribution in [3.63, 3.8) is 0 Å². The molecule has 1 aliphatic heterocycles. The van der Waals surface area contributed by atoms with Crippen molar-refractivity contribution in [1.29, 1.82) is 0 Å². The second-order valence-electron chi connectivity index (χ2n) is 10.2. The number of aromatic hydroxyl groups is 1. The number of alkyl halides is 2. The summed E-state index contributed by atoms with van der Waals surface area (Å²) in [5.41, 5.74) is 6.90. The monoisotopic (exact) mass is 607 g/mol. The Morgan fingerprint density at radius 2 is 1.86 bits per heavy atom. The minimum absolute atomic E-state index is 0.0937. The fraction of sp³-hybridized carbons (Fsp3) is 0.333. The normalized spacial score (nSPS) is 13.8. The van der Waals surface area contributed by atoms with Crippen LogP contribution in [0.2, 0.25) is 0 Å². The van der Waals surface area contributed by atoms with Crippen LogP contribution in [-0.2, 0) is 17.8 Å². The van der Waals surface area contributed by atoms with Gasteiger partial charge in [0.2, 0.25) is 11.7 Å². The fourth-order valence-corrected chi connectivity index (χ4v) is 5.40. The van der Waals surface area contributed by atoms with Gasteiger partial charge in [-0.05, 0) is 31.5 Å². The number of anilines is 1. The summed E-state index contributed by atoms with van der Waals surface area (Å²) in [7, 11) is 0. The molecule has 5 aromatic rings. The summed E-state index contributed by atoms with van der Waals surface area (Å²) in [5, 5.41) is 19.0. The number of primary amides is 1. The molecular weight excluding hydrogens is 580 g/mol. The molecule has 1 aromatic carbocycles. The van der Waals surface area contributed by atoms with Gasteiger partial charge in [0.05, 0.1) is 16.9 Å². The van der Waals surface area contributed by atoms with Crippen molar-refractivity contribution in [2.75, 3.05) is 31.1 Å². The van der Waals surface area contributed by atoms with Crippen molar-refractivity contribution in [2.24, 2.45) is 5.73 Å². The van der Waals surface area contributed by atoms with Crippen LogP contribution in [0.3, 0.4) is 0 Å². The summed E-state index contributed by atoms with van der Waals surface area (Å²) in [6.07, 6.45) is 2.77. The van der Waals surface area contributed by atoms with Gasteiger partial charge in [-0.3, -0.25) is 14.4 Å². The number of piperazine rings is 1. The maximum absolute atomic E-state index is 14.0. The second-order valence-corrected chi connectivity index (χ2v) is 10.2. The molecule has 1 aliphatic rings. The van der Waals surface area contributed by atoms with Crippen LogP contribution in [-0.4, -0.2) is 86.9 Å². The highest BCUT2D eigenvalue weighted by molar-refractivity contribution is 5.95. The molecule has 6 rings (SSSR count). The summed E-state index contributed by atoms with van der Waals surface area (Å²) >= 11 is 0. The zero-order chi connectivity index (χ0) is 31.3. The van der Waals surface area contributed by atoms with Gasteiger partial charge in [-0.2, -0.15) is 23.4 Å². The van der Waals surface area contributed by atoms with E-state index in [1.165, 1.54) is 17.4 Å². The van der Waals surface area contributed by atoms with Gasteiger partial charge in [-0.25, -0.2) is 14.6 Å². The van der Waals surface area contributed by atoms with E-state index in [4.69, 9.17) is 5.73 Å². The minimum Gasteiger partial charge on any atom is -0.504 e. The number of hydrogen-bond donors (Lipinski definition) is 2. The first-order valence-corrected chi connectivity index (χ1v) is 13.7. The molecule has 0 aliphatic carbocycles. The third kappa shape index (κ3) is 4.84. The summed E-state index contributed by atoms with van der Waals surface area (Å²) < 4.78 is 29.5. The zero-order valence-corrected chi connectivity index (χ0v) is 23.7. The van der Waals surface area contributed by atoms with Gasteiger partial charge >= 0.3 is 6.55 Å². The molecule has 4 aromatic heterocycles. The average Bonchev–Trinajstić information content (AvgIpc) is 3.65. The highest BCUT2D eigenvalue weighted by atomic mass is 19.3. The Morgan fingerprint density at radius 3 is 2.55 bits per heavy atom. The first kappa shape index (κ1) is 28.6. The molecule has 0 atom stereocenters. The molecule has 5 heterocycles. The molecule has 44 heavy (non-hydrogen) atoms. The number of carbonyl (C=O) groups is 2. The van der Waals surface area contributed by atoms with Gasteiger partial charge in [0.15, 0.2) is 17.3 Å². The standard InChI is InChI=1S/C27H27F2N11O4/c1-3-18-21(36-6-8-37(9-7-36)24(43)20-22(42)14(2)31-13-32-20)25(44)40-27(38(18)12-19(30)41)33-23(35-40)15-4-5-17-16(10-15)11-39(34-17)26(28)29/h4-5,10-11,13,26,42H,3,6-9,12H2,1-2H3,(H2,30,41). The summed E-state index contributed by atoms with van der Waals surface area (Å²) in [6, 6.07) is 4.75. The third-order valence-corrected chi connectivity index (χ3v) is 7.55. The first-order chi connectivity index (χ1) is 21.1. The first-order valence-electron chi connectivity index (χ1n) is 13.7. The van der Waals surface area contributed by atoms with Crippen LogP contribution in [0.25, 0.3) is 28.1 Å². The van der Waals surface area contributed by atoms with Crippen LogP contribution in [0.1, 0.15) is 35.3 Å². The van der Waals surface area contributed by atoms with Crippen LogP contribution < -0.4 is 16.2 Å². The lowest BCUT2D eigenvalue weighted by Crippen LogP contribution is -2.51. The fourth-order valence-electron chi connectivity index (χ4n) is 5.40. The largest absolute Gasteiger partial charge is 0.504 e. The van der Waals surface area contributed by atoms with E-state index >= 15 is 0 Å². The lowest BCUT2D eigenvalue weighted by Gasteiger charge is -2.36. The lowest BCUT2D eigenvalue weighted by molar-refractivity contribution is -0.118. The van der Waals surface area contributed by atoms with Gasteiger partial charge in [0.25, 0.3) is 11.5 Å². The average molecular weight is 608 g/mol. The van der Waals surface area contributed by atoms with Crippen molar-refractivity contribution in [3.05, 3.63) is 58.2 Å². The maximum Gasteiger partial charge on any atom is 0.333 e. The molecule has 0 radical (unpaired) electrons. The Balaban J connectivity index is 1.38. The topological polar surface area (TPSA) is 183 Å². The van der Waals surface area contributed by atoms with Crippen LogP contribution in [0.5, 0.6) is 5.75 Å². The number of amides is 2. The molecule has 0 unspecified atom stereocenters. The number of rotatable bonds is 7. The highest BCUT2D eigenvalue weighted by Gasteiger charge is 2.30. The van der Waals surface area contributed by atoms with Crippen LogP contribution in [0.4, 0.5) is 14.5 Å². The van der Waals surface area contributed by atoms with Crippen molar-refractivity contribution >= 4 is 34.2 Å². The van der Waals surface area contributed by atoms with E-state index in [1.807, 2.05) is 11.8 Å². The zero-order valence-electron chi connectivity index (χ0n) is 23.7. The predicted molar refractivity (Wildman–Crippen MR) is 152 cm³/mol. The van der Waals surface area contributed by atoms with Crippen molar-refractivity contribution < 1.29 is 23.5 Å². The van der Waals surface area contributed by atoms with E-state index in [1.54, 1.807) is 29.7 Å². The van der Waals surface area contributed by atoms with Gasteiger partial charge < -0.3 is 25.2 Å². The number of halogens is 2. The smallest absolute Gasteiger partial charge is 0.333 e. The molecule has 15 nitrogen and oxygen atoms in total. The Hall–Kier alpha value is -5.48. The quantitative estimate of drug-likeness (QED) is 0.272. The number of hydrogen-bond acceptors (Lipinski definition) is 10. The van der Waals surface area contributed by atoms with E-state index in [0.717, 1.165) is 4.52 Å². The molecule has 0 saturated carbocycles. The third-order valence-electron chi connectivity index (χ3n) is 7.55. The van der Waals surface area contributed by atoms with Gasteiger partial charge in [-0.1, -0.05) is 6.92 Å². The number of fused-ring (bicyclic) bond motifs is 2. The number of benzene rings is 1. The molecule has 2 amide bonds. The SMILES string of the molecule is CCc1c(N2CCN(C(=O)c3ncnc(C)c3O)CC2)c(=O)n2nc(-c3ccc4nn(C(F)F)cc4c3)nc2n1CC(N)=O. The van der Waals surface area contributed by atoms with Gasteiger partial charge in [0, 0.05) is 43.3 Å². The van der Waals surface area contributed by atoms with Gasteiger partial charge in [-0.15, -0.1) is 5.10 Å². The van der Waals surface area contributed by atoms with Crippen LogP contribution >= 0.6 is 0 Å². The molecule has 3 N–H and O–H groups in total. The Kier molecular flexibility index (Phi) is 7.14. The highest BCUT2D eigenvalue weighted by Crippen LogP contribution is 2.26. The number of nitrogens with zero attached hydrogens (tertiary/aromatic N) is 10. The predicted octanol–water partition coefficient (Wildman–Crippen LogP) is 1.12. The molecule has 0 bridgehead atoms. The van der Waals surface area contributed by atoms with Crippen molar-refractivity contribution in [2.45, 2.75) is 33.4 Å². The van der Waals surface area contributed by atoms with E-state index in [-0.39, 0.29) is 61.5 Å². The Labute approximate surface area is 247 Å². The molecule has 228 valence electrons. The maximum atomic E-state index is 14.0. The molecular formula is C27H27F2N11O4. The van der Waals surface area contributed by atoms with Crippen molar-refractivity contribution in [1.82, 2.24) is 43.8 Å². The molecule has 1 saturated heterocycles. The summed E-state index contributed by atoms with van der Waals surface area (Å²) in [4.78, 5) is 54.9. The van der Waals surface area contributed by atoms with Crippen LogP contribution in [0, 0.1) is 6.92 Å². The lowest BCUT2D eigenvalue weighted by atomic mass is 10.1.